The van der Waals surface area contributed by atoms with Crippen LogP contribution in [0.5, 0.6) is 0 Å². The number of hydrogen-bond acceptors (Lipinski definition) is 2. The minimum atomic E-state index is 0.871. The van der Waals surface area contributed by atoms with Crippen LogP contribution in [-0.4, -0.2) is 18.1 Å². The van der Waals surface area contributed by atoms with E-state index in [1.165, 1.54) is 38.0 Å². The van der Waals surface area contributed by atoms with Crippen molar-refractivity contribution in [3.63, 3.8) is 0 Å². The van der Waals surface area contributed by atoms with Gasteiger partial charge < -0.3 is 4.90 Å². The number of hydrogen-bond donors (Lipinski definition) is 0. The van der Waals surface area contributed by atoms with E-state index in [4.69, 9.17) is 0 Å². The average molecular weight is 269 g/mol. The van der Waals surface area contributed by atoms with Crippen molar-refractivity contribution >= 4 is 21.6 Å². The summed E-state index contributed by atoms with van der Waals surface area (Å²) in [6.07, 6.45) is 7.71. The van der Waals surface area contributed by atoms with Crippen LogP contribution in [0.1, 0.15) is 26.2 Å². The number of nitrogens with zero attached hydrogens (tertiary/aromatic N) is 2. The Morgan fingerprint density at radius 1 is 1.40 bits per heavy atom. The number of pyridine rings is 1. The van der Waals surface area contributed by atoms with Crippen LogP contribution in [0.3, 0.4) is 0 Å². The molecule has 1 aliphatic rings. The maximum Gasteiger partial charge on any atom is 0.0592 e. The third-order valence-corrected chi connectivity index (χ3v) is 3.72. The number of anilines is 1. The zero-order chi connectivity index (χ0) is 10.7. The Kier molecular flexibility index (Phi) is 3.62. The molecule has 1 aromatic rings. The highest BCUT2D eigenvalue weighted by molar-refractivity contribution is 9.10. The molecule has 2 heterocycles. The number of aromatic nitrogens is 1. The predicted octanol–water partition coefficient (Wildman–Crippen LogP) is 3.47. The maximum absolute atomic E-state index is 4.10. The quantitative estimate of drug-likeness (QED) is 0.776. The van der Waals surface area contributed by atoms with Gasteiger partial charge in [0, 0.05) is 25.5 Å². The number of halogens is 1. The molecule has 0 bridgehead atoms. The van der Waals surface area contributed by atoms with Gasteiger partial charge in [-0.05, 0) is 47.2 Å². The van der Waals surface area contributed by atoms with Crippen LogP contribution in [0.4, 0.5) is 5.69 Å². The van der Waals surface area contributed by atoms with Gasteiger partial charge in [-0.25, -0.2) is 0 Å². The number of rotatable bonds is 1. The van der Waals surface area contributed by atoms with Gasteiger partial charge in [-0.1, -0.05) is 6.92 Å². The molecule has 0 radical (unpaired) electrons. The zero-order valence-electron chi connectivity index (χ0n) is 9.12. The average Bonchev–Trinajstić information content (AvgIpc) is 2.44. The van der Waals surface area contributed by atoms with Crippen LogP contribution in [-0.2, 0) is 0 Å². The minimum absolute atomic E-state index is 0.871. The summed E-state index contributed by atoms with van der Waals surface area (Å²) >= 11 is 3.57. The van der Waals surface area contributed by atoms with E-state index >= 15 is 0 Å². The van der Waals surface area contributed by atoms with Crippen molar-refractivity contribution in [3.8, 4) is 0 Å². The lowest BCUT2D eigenvalue weighted by Gasteiger charge is -2.23. The lowest BCUT2D eigenvalue weighted by molar-refractivity contribution is 0.521. The van der Waals surface area contributed by atoms with E-state index in [1.807, 2.05) is 12.4 Å². The smallest absolute Gasteiger partial charge is 0.0592 e. The van der Waals surface area contributed by atoms with Crippen molar-refractivity contribution in [2.24, 2.45) is 5.92 Å². The molecule has 0 amide bonds. The highest BCUT2D eigenvalue weighted by atomic mass is 79.9. The van der Waals surface area contributed by atoms with Gasteiger partial charge >= 0.3 is 0 Å². The molecule has 0 aliphatic carbocycles. The molecule has 1 aliphatic heterocycles. The molecular weight excluding hydrogens is 252 g/mol. The molecule has 0 spiro atoms. The summed E-state index contributed by atoms with van der Waals surface area (Å²) in [4.78, 5) is 6.57. The highest BCUT2D eigenvalue weighted by Crippen LogP contribution is 2.28. The van der Waals surface area contributed by atoms with Crippen LogP contribution in [0.2, 0.25) is 0 Å². The van der Waals surface area contributed by atoms with Crippen LogP contribution in [0.25, 0.3) is 0 Å². The Labute approximate surface area is 99.8 Å². The van der Waals surface area contributed by atoms with E-state index in [9.17, 15) is 0 Å². The van der Waals surface area contributed by atoms with Crippen LogP contribution >= 0.6 is 15.9 Å². The van der Waals surface area contributed by atoms with Crippen molar-refractivity contribution in [2.45, 2.75) is 26.2 Å². The Morgan fingerprint density at radius 2 is 2.27 bits per heavy atom. The summed E-state index contributed by atoms with van der Waals surface area (Å²) in [6.45, 7) is 4.70. The highest BCUT2D eigenvalue weighted by Gasteiger charge is 2.15. The van der Waals surface area contributed by atoms with E-state index < -0.39 is 0 Å². The monoisotopic (exact) mass is 268 g/mol. The molecule has 0 N–H and O–H groups in total. The van der Waals surface area contributed by atoms with Gasteiger partial charge in [0.2, 0.25) is 0 Å². The molecular formula is C12H17BrN2. The maximum atomic E-state index is 4.10. The van der Waals surface area contributed by atoms with Crippen molar-refractivity contribution in [3.05, 3.63) is 22.9 Å². The van der Waals surface area contributed by atoms with Crippen molar-refractivity contribution < 1.29 is 0 Å². The third-order valence-electron chi connectivity index (χ3n) is 3.11. The summed E-state index contributed by atoms with van der Waals surface area (Å²) in [6, 6.07) is 2.10. The first-order chi connectivity index (χ1) is 7.27. The molecule has 2 nitrogen and oxygen atoms in total. The molecule has 0 saturated carbocycles. The second kappa shape index (κ2) is 4.97. The predicted molar refractivity (Wildman–Crippen MR) is 67.2 cm³/mol. The summed E-state index contributed by atoms with van der Waals surface area (Å²) in [5.41, 5.74) is 1.29. The van der Waals surface area contributed by atoms with Gasteiger partial charge in [-0.3, -0.25) is 4.98 Å². The fraction of sp³-hybridized carbons (Fsp3) is 0.583. The van der Waals surface area contributed by atoms with E-state index in [2.05, 4.69) is 38.8 Å². The Morgan fingerprint density at radius 3 is 3.07 bits per heavy atom. The van der Waals surface area contributed by atoms with Gasteiger partial charge in [0.25, 0.3) is 0 Å². The molecule has 0 aromatic carbocycles. The molecule has 82 valence electrons. The molecule has 1 fully saturated rings. The lowest BCUT2D eigenvalue weighted by atomic mass is 10.0. The fourth-order valence-corrected chi connectivity index (χ4v) is 2.63. The van der Waals surface area contributed by atoms with Crippen molar-refractivity contribution in [2.75, 3.05) is 18.0 Å². The Balaban J connectivity index is 2.13. The molecule has 1 saturated heterocycles. The topological polar surface area (TPSA) is 16.1 Å². The molecule has 1 aromatic heterocycles. The van der Waals surface area contributed by atoms with E-state index in [0.717, 1.165) is 10.4 Å². The van der Waals surface area contributed by atoms with Crippen LogP contribution < -0.4 is 4.90 Å². The normalized spacial score (nSPS) is 22.5. The third kappa shape index (κ3) is 2.71. The Bertz CT molecular complexity index is 327. The standard InChI is InChI=1S/C12H17BrN2/c1-10-3-2-7-15(8-5-10)12-4-6-14-9-11(12)13/h4,6,9-10H,2-3,5,7-8H2,1H3. The van der Waals surface area contributed by atoms with Crippen molar-refractivity contribution in [1.29, 1.82) is 0 Å². The van der Waals surface area contributed by atoms with Crippen LogP contribution in [0, 0.1) is 5.92 Å². The van der Waals surface area contributed by atoms with E-state index in [1.54, 1.807) is 0 Å². The zero-order valence-corrected chi connectivity index (χ0v) is 10.7. The van der Waals surface area contributed by atoms with Gasteiger partial charge in [0.1, 0.15) is 0 Å². The fourth-order valence-electron chi connectivity index (χ4n) is 2.13. The van der Waals surface area contributed by atoms with Crippen LogP contribution in [0.15, 0.2) is 22.9 Å². The SMILES string of the molecule is CC1CCCN(c2ccncc2Br)CC1. The van der Waals surface area contributed by atoms with E-state index in [0.29, 0.717) is 0 Å². The summed E-state index contributed by atoms with van der Waals surface area (Å²) in [5.74, 6) is 0.871. The van der Waals surface area contributed by atoms with Gasteiger partial charge in [0.15, 0.2) is 0 Å². The minimum Gasteiger partial charge on any atom is -0.371 e. The van der Waals surface area contributed by atoms with Gasteiger partial charge in [0.05, 0.1) is 10.2 Å². The van der Waals surface area contributed by atoms with Gasteiger partial charge in [-0.2, -0.15) is 0 Å². The lowest BCUT2D eigenvalue weighted by Crippen LogP contribution is -2.24. The molecule has 3 heteroatoms. The van der Waals surface area contributed by atoms with E-state index in [-0.39, 0.29) is 0 Å². The summed E-state index contributed by atoms with van der Waals surface area (Å²) in [5, 5.41) is 0. The van der Waals surface area contributed by atoms with Gasteiger partial charge in [-0.15, -0.1) is 0 Å². The second-order valence-electron chi connectivity index (χ2n) is 4.35. The summed E-state index contributed by atoms with van der Waals surface area (Å²) in [7, 11) is 0. The first-order valence-electron chi connectivity index (χ1n) is 5.62. The first kappa shape index (κ1) is 10.9. The van der Waals surface area contributed by atoms with Crippen molar-refractivity contribution in [1.82, 2.24) is 4.98 Å². The summed E-state index contributed by atoms with van der Waals surface area (Å²) < 4.78 is 1.11. The molecule has 2 rings (SSSR count). The molecule has 1 unspecified atom stereocenters. The molecule has 15 heavy (non-hydrogen) atoms. The first-order valence-corrected chi connectivity index (χ1v) is 6.41. The largest absolute Gasteiger partial charge is 0.371 e. The Hall–Kier alpha value is -0.570. The second-order valence-corrected chi connectivity index (χ2v) is 5.20. The molecule has 1 atom stereocenters.